The lowest BCUT2D eigenvalue weighted by Gasteiger charge is -2.11. The number of amides is 1. The fourth-order valence-electron chi connectivity index (χ4n) is 3.37. The lowest BCUT2D eigenvalue weighted by molar-refractivity contribution is -0.111. The zero-order chi connectivity index (χ0) is 24.6. The molecule has 35 heavy (non-hydrogen) atoms. The van der Waals surface area contributed by atoms with Crippen LogP contribution in [-0.2, 0) is 17.9 Å². The van der Waals surface area contributed by atoms with Gasteiger partial charge in [-0.1, -0.05) is 41.9 Å². The Morgan fingerprint density at radius 2 is 1.91 bits per heavy atom. The molecule has 0 bridgehead atoms. The number of hydrogen-bond acceptors (Lipinski definition) is 4. The Morgan fingerprint density at radius 3 is 2.69 bits per heavy atom. The van der Waals surface area contributed by atoms with E-state index in [1.807, 2.05) is 48.5 Å². The van der Waals surface area contributed by atoms with E-state index in [4.69, 9.17) is 21.1 Å². The van der Waals surface area contributed by atoms with Gasteiger partial charge in [0.25, 0.3) is 0 Å². The van der Waals surface area contributed by atoms with Crippen LogP contribution in [0.3, 0.4) is 0 Å². The molecule has 6 nitrogen and oxygen atoms in total. The molecule has 8 heteroatoms. The summed E-state index contributed by atoms with van der Waals surface area (Å²) in [5, 5.41) is 7.37. The second-order valence-electron chi connectivity index (χ2n) is 7.63. The van der Waals surface area contributed by atoms with Gasteiger partial charge in [0.2, 0.25) is 5.91 Å². The Kier molecular flexibility index (Phi) is 7.80. The van der Waals surface area contributed by atoms with Crippen molar-refractivity contribution >= 4 is 29.4 Å². The molecule has 4 rings (SSSR count). The molecule has 0 spiro atoms. The number of methoxy groups -OCH3 is 1. The molecule has 1 heterocycles. The van der Waals surface area contributed by atoms with Gasteiger partial charge in [-0.3, -0.25) is 9.48 Å². The van der Waals surface area contributed by atoms with Gasteiger partial charge in [0.1, 0.15) is 23.9 Å². The zero-order valence-electron chi connectivity index (χ0n) is 18.9. The lowest BCUT2D eigenvalue weighted by Crippen LogP contribution is -2.09. The summed E-state index contributed by atoms with van der Waals surface area (Å²) in [7, 11) is 1.60. The maximum absolute atomic E-state index is 13.2. The SMILES string of the molecule is COc1ccc(/C=C/C(=O)Nc2ccn(Cc3ccc(F)cc3Cl)n2)cc1COc1ccccc1. The fourth-order valence-corrected chi connectivity index (χ4v) is 3.60. The lowest BCUT2D eigenvalue weighted by atomic mass is 10.1. The van der Waals surface area contributed by atoms with Gasteiger partial charge in [-0.2, -0.15) is 5.10 Å². The molecule has 0 aliphatic heterocycles. The third-order valence-corrected chi connectivity index (χ3v) is 5.46. The first kappa shape index (κ1) is 24.0. The molecule has 0 aliphatic carbocycles. The highest BCUT2D eigenvalue weighted by Gasteiger charge is 2.08. The van der Waals surface area contributed by atoms with E-state index in [2.05, 4.69) is 10.4 Å². The minimum absolute atomic E-state index is 0.321. The first-order valence-electron chi connectivity index (χ1n) is 10.8. The quantitative estimate of drug-likeness (QED) is 0.293. The van der Waals surface area contributed by atoms with Crippen LogP contribution in [0.15, 0.2) is 85.1 Å². The van der Waals surface area contributed by atoms with E-state index in [9.17, 15) is 9.18 Å². The molecule has 1 amide bonds. The summed E-state index contributed by atoms with van der Waals surface area (Å²) in [5.41, 5.74) is 2.40. The number of benzene rings is 3. The molecule has 178 valence electrons. The number of nitrogens with zero attached hydrogens (tertiary/aromatic N) is 2. The van der Waals surface area contributed by atoms with Crippen molar-refractivity contribution < 1.29 is 18.7 Å². The van der Waals surface area contributed by atoms with Crippen molar-refractivity contribution in [3.63, 3.8) is 0 Å². The van der Waals surface area contributed by atoms with Crippen LogP contribution in [0.5, 0.6) is 11.5 Å². The Balaban J connectivity index is 1.37. The first-order chi connectivity index (χ1) is 17.0. The predicted molar refractivity (Wildman–Crippen MR) is 134 cm³/mol. The van der Waals surface area contributed by atoms with Crippen molar-refractivity contribution in [3.05, 3.63) is 113 Å². The van der Waals surface area contributed by atoms with Crippen LogP contribution in [0.1, 0.15) is 16.7 Å². The smallest absolute Gasteiger partial charge is 0.249 e. The zero-order valence-corrected chi connectivity index (χ0v) is 19.7. The second-order valence-corrected chi connectivity index (χ2v) is 8.04. The number of ether oxygens (including phenoxy) is 2. The highest BCUT2D eigenvalue weighted by atomic mass is 35.5. The summed E-state index contributed by atoms with van der Waals surface area (Å²) in [6.07, 6.45) is 4.84. The average molecular weight is 492 g/mol. The number of nitrogens with one attached hydrogen (secondary N) is 1. The number of carbonyl (C=O) groups excluding carboxylic acids is 1. The molecular weight excluding hydrogens is 469 g/mol. The monoisotopic (exact) mass is 491 g/mol. The summed E-state index contributed by atoms with van der Waals surface area (Å²) < 4.78 is 26.1. The largest absolute Gasteiger partial charge is 0.496 e. The van der Waals surface area contributed by atoms with E-state index < -0.39 is 5.82 Å². The molecule has 1 N–H and O–H groups in total. The van der Waals surface area contributed by atoms with Crippen LogP contribution in [-0.4, -0.2) is 22.8 Å². The highest BCUT2D eigenvalue weighted by Crippen LogP contribution is 2.23. The number of aromatic nitrogens is 2. The van der Waals surface area contributed by atoms with Gasteiger partial charge in [0, 0.05) is 28.9 Å². The summed E-state index contributed by atoms with van der Waals surface area (Å²) in [4.78, 5) is 12.4. The Bertz CT molecular complexity index is 1340. The molecular formula is C27H23ClFN3O3. The number of para-hydroxylation sites is 1. The van der Waals surface area contributed by atoms with E-state index in [1.54, 1.807) is 36.2 Å². The number of anilines is 1. The van der Waals surface area contributed by atoms with E-state index >= 15 is 0 Å². The Morgan fingerprint density at radius 1 is 1.09 bits per heavy atom. The van der Waals surface area contributed by atoms with Gasteiger partial charge in [-0.25, -0.2) is 4.39 Å². The third kappa shape index (κ3) is 6.71. The van der Waals surface area contributed by atoms with Gasteiger partial charge in [0.05, 0.1) is 13.7 Å². The summed E-state index contributed by atoms with van der Waals surface area (Å²) in [6.45, 7) is 0.682. The van der Waals surface area contributed by atoms with Crippen molar-refractivity contribution in [2.24, 2.45) is 0 Å². The molecule has 0 radical (unpaired) electrons. The van der Waals surface area contributed by atoms with Crippen LogP contribution in [0.2, 0.25) is 5.02 Å². The van der Waals surface area contributed by atoms with Gasteiger partial charge < -0.3 is 14.8 Å². The maximum Gasteiger partial charge on any atom is 0.249 e. The average Bonchev–Trinajstić information content (AvgIpc) is 3.30. The first-order valence-corrected chi connectivity index (χ1v) is 11.2. The van der Waals surface area contributed by atoms with Crippen LogP contribution >= 0.6 is 11.6 Å². The molecule has 0 atom stereocenters. The van der Waals surface area contributed by atoms with Crippen molar-refractivity contribution in [1.82, 2.24) is 9.78 Å². The van der Waals surface area contributed by atoms with Gasteiger partial charge >= 0.3 is 0 Å². The van der Waals surface area contributed by atoms with E-state index in [0.717, 1.165) is 22.4 Å². The topological polar surface area (TPSA) is 65.4 Å². The Hall–Kier alpha value is -4.10. The second kappa shape index (κ2) is 11.4. The standard InChI is InChI=1S/C27H23ClFN3O3/c1-34-25-11-7-19(15-21(25)18-35-23-5-3-2-4-6-23)8-12-27(33)30-26-13-14-32(31-26)17-20-9-10-22(29)16-24(20)28/h2-16H,17-18H2,1H3,(H,30,31,33)/b12-8+. The molecule has 3 aromatic carbocycles. The van der Waals surface area contributed by atoms with Crippen molar-refractivity contribution in [2.75, 3.05) is 12.4 Å². The number of halogens is 2. The van der Waals surface area contributed by atoms with Gasteiger partial charge in [0.15, 0.2) is 5.82 Å². The molecule has 0 aliphatic rings. The minimum Gasteiger partial charge on any atom is -0.496 e. The molecule has 4 aromatic rings. The van der Waals surface area contributed by atoms with Crippen LogP contribution in [0, 0.1) is 5.82 Å². The van der Waals surface area contributed by atoms with E-state index in [-0.39, 0.29) is 5.91 Å². The molecule has 1 aromatic heterocycles. The molecule has 0 fully saturated rings. The number of rotatable bonds is 9. The Labute approximate surface area is 207 Å². The number of hydrogen-bond donors (Lipinski definition) is 1. The summed E-state index contributed by atoms with van der Waals surface area (Å²) in [6, 6.07) is 21.0. The normalized spacial score (nSPS) is 10.9. The van der Waals surface area contributed by atoms with Gasteiger partial charge in [-0.15, -0.1) is 0 Å². The van der Waals surface area contributed by atoms with Gasteiger partial charge in [-0.05, 0) is 53.6 Å². The maximum atomic E-state index is 13.2. The van der Waals surface area contributed by atoms with E-state index in [1.165, 1.54) is 18.2 Å². The molecule has 0 unspecified atom stereocenters. The molecule has 0 saturated carbocycles. The van der Waals surface area contributed by atoms with Crippen LogP contribution in [0.25, 0.3) is 6.08 Å². The summed E-state index contributed by atoms with van der Waals surface area (Å²) in [5.74, 6) is 1.13. The minimum atomic E-state index is -0.397. The van der Waals surface area contributed by atoms with Crippen molar-refractivity contribution in [2.45, 2.75) is 13.2 Å². The fraction of sp³-hybridized carbons (Fsp3) is 0.111. The van der Waals surface area contributed by atoms with Crippen LogP contribution < -0.4 is 14.8 Å². The predicted octanol–water partition coefficient (Wildman–Crippen LogP) is 5.96. The third-order valence-electron chi connectivity index (χ3n) is 5.11. The van der Waals surface area contributed by atoms with Crippen molar-refractivity contribution in [3.8, 4) is 11.5 Å². The van der Waals surface area contributed by atoms with Crippen LogP contribution in [0.4, 0.5) is 10.2 Å². The van der Waals surface area contributed by atoms with E-state index in [0.29, 0.717) is 29.7 Å². The van der Waals surface area contributed by atoms with Crippen molar-refractivity contribution in [1.29, 1.82) is 0 Å². The number of carbonyl (C=O) groups is 1. The summed E-state index contributed by atoms with van der Waals surface area (Å²) >= 11 is 6.08. The molecule has 0 saturated heterocycles. The highest BCUT2D eigenvalue weighted by molar-refractivity contribution is 6.31.